The van der Waals surface area contributed by atoms with E-state index in [1.165, 1.54) is 26.2 Å². The van der Waals surface area contributed by atoms with Gasteiger partial charge < -0.3 is 64.6 Å². The molecule has 0 unspecified atom stereocenters. The van der Waals surface area contributed by atoms with Gasteiger partial charge in [0.15, 0.2) is 12.6 Å². The number of carbonyl (C=O) groups excluding carboxylic acids is 1. The molecule has 0 saturated carbocycles. The van der Waals surface area contributed by atoms with E-state index < -0.39 is 107 Å². The Kier molecular flexibility index (Phi) is 21.1. The van der Waals surface area contributed by atoms with E-state index in [2.05, 4.69) is 10.3 Å². The predicted molar refractivity (Wildman–Crippen MR) is 266 cm³/mol. The van der Waals surface area contributed by atoms with Gasteiger partial charge in [-0.25, -0.2) is 0 Å². The minimum Gasteiger partial charge on any atom is -0.459 e. The van der Waals surface area contributed by atoms with E-state index in [-0.39, 0.29) is 37.0 Å². The molecule has 7 N–H and O–H groups in total. The van der Waals surface area contributed by atoms with Crippen molar-refractivity contribution in [3.05, 3.63) is 51.8 Å². The lowest BCUT2D eigenvalue weighted by molar-refractivity contribution is -0.384. The number of esters is 1. The molecule has 3 saturated heterocycles. The number of cyclic esters (lactones) is 1. The van der Waals surface area contributed by atoms with Crippen molar-refractivity contribution in [2.24, 2.45) is 23.5 Å². The summed E-state index contributed by atoms with van der Waals surface area (Å²) in [5.41, 5.74) is 3.07. The van der Waals surface area contributed by atoms with Crippen molar-refractivity contribution >= 4 is 11.7 Å². The van der Waals surface area contributed by atoms with Crippen molar-refractivity contribution in [2.75, 3.05) is 40.3 Å². The fourth-order valence-electron chi connectivity index (χ4n) is 11.2. The molecule has 0 bridgehead atoms. The number of nitro benzene ring substituents is 1. The molecule has 1 aromatic carbocycles. The summed E-state index contributed by atoms with van der Waals surface area (Å²) in [6, 6.07) is 5.37. The van der Waals surface area contributed by atoms with Crippen molar-refractivity contribution in [3.63, 3.8) is 0 Å². The SMILES string of the molecule is CC[C@H]1OC(=O)[C@H](C)[C@@H](O[C@H]2C[C@@](C)(OC)[C@@H](O)[C@H](C)O2)[C@H](C)[C@@H](O[C@@H]2O[C@H](C)C[C@H](N(C)CCc3cn(CCc4ccc([N+](=O)[O-])cc4)nn3)[C@H]2O)[C@](C)(O)C[C@@H](C)CN(CCCN)[C@H](C)[C@@H](O)[C@]1(C)O. The highest BCUT2D eigenvalue weighted by molar-refractivity contribution is 5.73. The van der Waals surface area contributed by atoms with Crippen LogP contribution >= 0.6 is 0 Å². The van der Waals surface area contributed by atoms with Crippen LogP contribution in [-0.4, -0.2) is 192 Å². The minimum absolute atomic E-state index is 0.0345. The molecule has 0 aliphatic carbocycles. The largest absolute Gasteiger partial charge is 0.459 e. The van der Waals surface area contributed by atoms with Crippen molar-refractivity contribution in [3.8, 4) is 0 Å². The molecule has 3 fully saturated rings. The Bertz CT molecular complexity index is 2010. The molecule has 21 nitrogen and oxygen atoms in total. The van der Waals surface area contributed by atoms with Crippen LogP contribution < -0.4 is 5.73 Å². The summed E-state index contributed by atoms with van der Waals surface area (Å²) in [6.45, 7) is 19.8. The van der Waals surface area contributed by atoms with Crippen molar-refractivity contribution in [1.29, 1.82) is 0 Å². The summed E-state index contributed by atoms with van der Waals surface area (Å²) in [7, 11) is 3.41. The standard InChI is InChI=1S/C51H87N7O14/c1-13-40-51(10,64)44(60)34(6)56(22-14-21-52)28-30(2)26-49(8,63)46(32(4)43(33(5)47(62)70-40)71-41-27-50(9,67-12)45(61)35(7)69-41)72-48-42(59)39(25-31(3)68-48)55(11)23-20-37-29-57(54-53-37)24-19-36-15-17-38(18-16-36)58(65)66/h15-18,29-35,39-46,48,59-61,63-64H,13-14,19-28,52H2,1-12H3/t30-,31-,32+,33-,34-,35+,39+,40-,41+,42-,43+,44-,45+,46-,48+,49-,50-,51-/m1/s1. The van der Waals surface area contributed by atoms with E-state index in [9.17, 15) is 40.4 Å². The zero-order valence-electron chi connectivity index (χ0n) is 44.7. The summed E-state index contributed by atoms with van der Waals surface area (Å²) in [4.78, 5) is 29.3. The number of hydrogen-bond donors (Lipinski definition) is 6. The third-order valence-corrected chi connectivity index (χ3v) is 15.7. The Balaban J connectivity index is 1.45. The molecule has 18 atom stereocenters. The zero-order chi connectivity index (χ0) is 53.5. The van der Waals surface area contributed by atoms with Gasteiger partial charge in [0.05, 0.1) is 52.2 Å². The number of aryl methyl sites for hydroxylation is 2. The van der Waals surface area contributed by atoms with Gasteiger partial charge in [-0.15, -0.1) is 5.10 Å². The highest BCUT2D eigenvalue weighted by Gasteiger charge is 2.53. The molecule has 4 heterocycles. The second kappa shape index (κ2) is 25.5. The second-order valence-electron chi connectivity index (χ2n) is 21.8. The number of hydrogen-bond acceptors (Lipinski definition) is 19. The second-order valence-corrected chi connectivity index (χ2v) is 21.8. The maximum absolute atomic E-state index is 14.6. The Morgan fingerprint density at radius 2 is 1.65 bits per heavy atom. The van der Waals surface area contributed by atoms with Gasteiger partial charge in [0.2, 0.25) is 0 Å². The highest BCUT2D eigenvalue weighted by Crippen LogP contribution is 2.40. The zero-order valence-corrected chi connectivity index (χ0v) is 44.7. The topological polar surface area (TPSA) is 280 Å². The molecule has 0 amide bonds. The number of nitrogens with two attached hydrogens (primary N) is 1. The van der Waals surface area contributed by atoms with Gasteiger partial charge in [-0.3, -0.25) is 24.5 Å². The third-order valence-electron chi connectivity index (χ3n) is 15.7. The van der Waals surface area contributed by atoms with Gasteiger partial charge in [-0.05, 0) is 112 Å². The Labute approximate surface area is 425 Å². The number of aliphatic hydroxyl groups excluding tert-OH is 3. The molecule has 72 heavy (non-hydrogen) atoms. The van der Waals surface area contributed by atoms with Crippen molar-refractivity contribution < 1.29 is 63.7 Å². The number of non-ortho nitro benzene ring substituents is 1. The summed E-state index contributed by atoms with van der Waals surface area (Å²) in [5, 5.41) is 80.0. The average molecular weight is 1020 g/mol. The number of carbonyl (C=O) groups is 1. The van der Waals surface area contributed by atoms with Gasteiger partial charge in [0.25, 0.3) is 5.69 Å². The smallest absolute Gasteiger partial charge is 0.311 e. The van der Waals surface area contributed by atoms with E-state index in [0.29, 0.717) is 58.4 Å². The van der Waals surface area contributed by atoms with Crippen LogP contribution in [0.15, 0.2) is 30.5 Å². The quantitative estimate of drug-likeness (QED) is 0.0755. The fraction of sp³-hybridized carbons (Fsp3) is 0.824. The van der Waals surface area contributed by atoms with E-state index in [1.807, 2.05) is 43.8 Å². The normalized spacial score (nSPS) is 39.0. The molecule has 2 aromatic rings. The number of ether oxygens (including phenoxy) is 6. The molecule has 0 spiro atoms. The predicted octanol–water partition coefficient (Wildman–Crippen LogP) is 2.98. The molecule has 3 aliphatic rings. The first-order valence-corrected chi connectivity index (χ1v) is 25.9. The van der Waals surface area contributed by atoms with Gasteiger partial charge in [-0.1, -0.05) is 38.1 Å². The summed E-state index contributed by atoms with van der Waals surface area (Å²) < 4.78 is 40.1. The highest BCUT2D eigenvalue weighted by atomic mass is 16.7. The lowest BCUT2D eigenvalue weighted by atomic mass is 9.77. The van der Waals surface area contributed by atoms with Gasteiger partial charge in [0, 0.05) is 75.9 Å². The number of likely N-dealkylation sites (N-methyl/N-ethyl adjacent to an activating group) is 1. The Morgan fingerprint density at radius 3 is 2.28 bits per heavy atom. The van der Waals surface area contributed by atoms with E-state index in [0.717, 1.165) is 11.3 Å². The monoisotopic (exact) mass is 1020 g/mol. The molecule has 1 aromatic heterocycles. The number of nitro groups is 1. The first-order valence-electron chi connectivity index (χ1n) is 25.9. The molecule has 410 valence electrons. The maximum atomic E-state index is 14.6. The molecule has 0 radical (unpaired) electrons. The van der Waals surface area contributed by atoms with Crippen LogP contribution in [0.1, 0.15) is 113 Å². The number of nitrogens with zero attached hydrogens (tertiary/aromatic N) is 6. The minimum atomic E-state index is -1.88. The first kappa shape index (κ1) is 59.6. The third kappa shape index (κ3) is 14.5. The van der Waals surface area contributed by atoms with Crippen LogP contribution in [0.5, 0.6) is 0 Å². The van der Waals surface area contributed by atoms with Crippen LogP contribution in [0.25, 0.3) is 0 Å². The number of aromatic nitrogens is 3. The fourth-order valence-corrected chi connectivity index (χ4v) is 11.2. The lowest BCUT2D eigenvalue weighted by Crippen LogP contribution is -2.61. The summed E-state index contributed by atoms with van der Waals surface area (Å²) >= 11 is 0. The van der Waals surface area contributed by atoms with E-state index >= 15 is 0 Å². The van der Waals surface area contributed by atoms with Crippen LogP contribution in [0.4, 0.5) is 5.69 Å². The van der Waals surface area contributed by atoms with Gasteiger partial charge in [-0.2, -0.15) is 0 Å². The molecule has 5 rings (SSSR count). The van der Waals surface area contributed by atoms with E-state index in [1.54, 1.807) is 58.4 Å². The molecule has 21 heteroatoms. The lowest BCUT2D eigenvalue weighted by Gasteiger charge is -2.49. The van der Waals surface area contributed by atoms with Crippen LogP contribution in [-0.2, 0) is 52.6 Å². The van der Waals surface area contributed by atoms with Crippen LogP contribution in [0, 0.1) is 27.9 Å². The first-order chi connectivity index (χ1) is 33.8. The number of benzene rings is 1. The average Bonchev–Trinajstić information content (AvgIpc) is 3.80. The Morgan fingerprint density at radius 1 is 0.972 bits per heavy atom. The van der Waals surface area contributed by atoms with Gasteiger partial charge in [0.1, 0.15) is 30.0 Å². The van der Waals surface area contributed by atoms with Crippen LogP contribution in [0.2, 0.25) is 0 Å². The summed E-state index contributed by atoms with van der Waals surface area (Å²) in [5.74, 6) is -2.89. The molecular weight excluding hydrogens is 935 g/mol. The van der Waals surface area contributed by atoms with E-state index in [4.69, 9.17) is 34.2 Å². The van der Waals surface area contributed by atoms with Crippen LogP contribution in [0.3, 0.4) is 0 Å². The van der Waals surface area contributed by atoms with Crippen molar-refractivity contribution in [1.82, 2.24) is 24.8 Å². The van der Waals surface area contributed by atoms with Crippen molar-refractivity contribution in [2.45, 2.75) is 211 Å². The van der Waals surface area contributed by atoms with Gasteiger partial charge >= 0.3 is 5.97 Å². The molecule has 3 aliphatic heterocycles. The summed E-state index contributed by atoms with van der Waals surface area (Å²) in [6.07, 6.45) is -5.80. The maximum Gasteiger partial charge on any atom is 0.311 e. The Hall–Kier alpha value is -3.29. The number of rotatable bonds is 17. The number of aliphatic hydroxyl groups is 5. The molecular formula is C51H87N7O14. The number of methoxy groups -OCH3 is 1.